The Morgan fingerprint density at radius 1 is 1.50 bits per heavy atom. The van der Waals surface area contributed by atoms with E-state index in [4.69, 9.17) is 0 Å². The number of carbonyl (C=O) groups is 1. The lowest BCUT2D eigenvalue weighted by atomic mass is 10.1. The minimum atomic E-state index is -0.0779. The number of hydrogen-bond donors (Lipinski definition) is 1. The summed E-state index contributed by atoms with van der Waals surface area (Å²) in [5, 5.41) is 10.7. The van der Waals surface area contributed by atoms with E-state index in [-0.39, 0.29) is 11.7 Å². The van der Waals surface area contributed by atoms with Crippen LogP contribution in [-0.2, 0) is 0 Å². The molecule has 1 aliphatic heterocycles. The molecule has 98 valence electrons. The van der Waals surface area contributed by atoms with Crippen molar-refractivity contribution in [2.24, 2.45) is 5.92 Å². The molecule has 1 aromatic rings. The van der Waals surface area contributed by atoms with Crippen molar-refractivity contribution in [1.82, 2.24) is 4.90 Å². The van der Waals surface area contributed by atoms with Crippen molar-refractivity contribution in [2.75, 3.05) is 18.4 Å². The molecule has 18 heavy (non-hydrogen) atoms. The molecule has 1 aromatic carbocycles. The van der Waals surface area contributed by atoms with Gasteiger partial charge >= 0.3 is 0 Å². The molecule has 0 radical (unpaired) electrons. The summed E-state index contributed by atoms with van der Waals surface area (Å²) >= 11 is 6.75. The Morgan fingerprint density at radius 3 is 3.00 bits per heavy atom. The number of benzene rings is 1. The first kappa shape index (κ1) is 13.9. The first-order valence-corrected chi connectivity index (χ1v) is 7.87. The van der Waals surface area contributed by atoms with Crippen molar-refractivity contribution in [3.05, 3.63) is 28.2 Å². The highest BCUT2D eigenvalue weighted by atomic mass is 79.9. The lowest BCUT2D eigenvalue weighted by Crippen LogP contribution is -2.28. The van der Waals surface area contributed by atoms with Crippen LogP contribution >= 0.6 is 31.9 Å². The van der Waals surface area contributed by atoms with Crippen LogP contribution in [0.1, 0.15) is 23.2 Å². The van der Waals surface area contributed by atoms with Crippen LogP contribution in [0.2, 0.25) is 0 Å². The van der Waals surface area contributed by atoms with Crippen molar-refractivity contribution in [3.8, 4) is 5.75 Å². The van der Waals surface area contributed by atoms with E-state index in [1.54, 1.807) is 18.2 Å². The summed E-state index contributed by atoms with van der Waals surface area (Å²) in [6.07, 6.45) is 2.14. The Balaban J connectivity index is 2.10. The fraction of sp³-hybridized carbons (Fsp3) is 0.462. The second kappa shape index (κ2) is 6.06. The summed E-state index contributed by atoms with van der Waals surface area (Å²) in [4.78, 5) is 14.1. The van der Waals surface area contributed by atoms with Crippen molar-refractivity contribution >= 4 is 37.8 Å². The van der Waals surface area contributed by atoms with Gasteiger partial charge in [-0.3, -0.25) is 4.79 Å². The molecular formula is C13H15Br2NO2. The van der Waals surface area contributed by atoms with E-state index in [9.17, 15) is 9.90 Å². The van der Waals surface area contributed by atoms with Crippen LogP contribution in [0.3, 0.4) is 0 Å². The summed E-state index contributed by atoms with van der Waals surface area (Å²) in [6, 6.07) is 4.95. The van der Waals surface area contributed by atoms with Crippen LogP contribution in [0.4, 0.5) is 0 Å². The number of amides is 1. The van der Waals surface area contributed by atoms with Gasteiger partial charge < -0.3 is 10.0 Å². The van der Waals surface area contributed by atoms with Crippen LogP contribution in [0.25, 0.3) is 0 Å². The van der Waals surface area contributed by atoms with Gasteiger partial charge in [-0.05, 0) is 37.0 Å². The van der Waals surface area contributed by atoms with Gasteiger partial charge in [0.15, 0.2) is 0 Å². The molecule has 1 N–H and O–H groups in total. The number of phenolic OH excluding ortho intramolecular Hbond substituents is 1. The highest BCUT2D eigenvalue weighted by Crippen LogP contribution is 2.27. The van der Waals surface area contributed by atoms with Crippen molar-refractivity contribution < 1.29 is 9.90 Å². The molecule has 0 aromatic heterocycles. The molecule has 3 nitrogen and oxygen atoms in total. The van der Waals surface area contributed by atoms with Crippen LogP contribution in [-0.4, -0.2) is 34.3 Å². The zero-order valence-corrected chi connectivity index (χ0v) is 13.1. The maximum Gasteiger partial charge on any atom is 0.257 e. The van der Waals surface area contributed by atoms with E-state index in [2.05, 4.69) is 31.9 Å². The van der Waals surface area contributed by atoms with Crippen LogP contribution in [0.15, 0.2) is 22.7 Å². The molecule has 0 bridgehead atoms. The summed E-state index contributed by atoms with van der Waals surface area (Å²) in [7, 11) is 0. The van der Waals surface area contributed by atoms with E-state index in [0.717, 1.165) is 35.7 Å². The third-order valence-electron chi connectivity index (χ3n) is 3.28. The second-order valence-corrected chi connectivity index (χ2v) is 6.25. The largest absolute Gasteiger partial charge is 0.507 e. The number of rotatable bonds is 3. The first-order valence-electron chi connectivity index (χ1n) is 5.95. The summed E-state index contributed by atoms with van der Waals surface area (Å²) < 4.78 is 0.805. The monoisotopic (exact) mass is 375 g/mol. The highest BCUT2D eigenvalue weighted by molar-refractivity contribution is 9.10. The van der Waals surface area contributed by atoms with Gasteiger partial charge in [-0.15, -0.1) is 0 Å². The number of nitrogens with zero attached hydrogens (tertiary/aromatic N) is 1. The Bertz CT molecular complexity index is 451. The Hall–Kier alpha value is -0.550. The van der Waals surface area contributed by atoms with Crippen LogP contribution in [0.5, 0.6) is 5.75 Å². The standard InChI is InChI=1S/C13H15Br2NO2/c14-5-3-9-4-6-16(8-9)13(18)11-7-10(15)1-2-12(11)17/h1-2,7,9,17H,3-6,8H2. The maximum atomic E-state index is 12.3. The fourth-order valence-corrected chi connectivity index (χ4v) is 3.27. The van der Waals surface area contributed by atoms with Gasteiger partial charge in [0, 0.05) is 22.9 Å². The molecule has 0 spiro atoms. The van der Waals surface area contributed by atoms with E-state index < -0.39 is 0 Å². The smallest absolute Gasteiger partial charge is 0.257 e. The van der Waals surface area contributed by atoms with Gasteiger partial charge in [0.25, 0.3) is 5.91 Å². The zero-order valence-electron chi connectivity index (χ0n) is 9.90. The van der Waals surface area contributed by atoms with E-state index in [1.807, 2.05) is 4.90 Å². The van der Waals surface area contributed by atoms with E-state index >= 15 is 0 Å². The Morgan fingerprint density at radius 2 is 2.28 bits per heavy atom. The third kappa shape index (κ3) is 3.06. The lowest BCUT2D eigenvalue weighted by Gasteiger charge is -2.17. The molecule has 5 heteroatoms. The topological polar surface area (TPSA) is 40.5 Å². The molecule has 2 rings (SSSR count). The average molecular weight is 377 g/mol. The average Bonchev–Trinajstić information content (AvgIpc) is 2.80. The normalized spacial score (nSPS) is 19.2. The number of likely N-dealkylation sites (tertiary alicyclic amines) is 1. The predicted molar refractivity (Wildman–Crippen MR) is 78.2 cm³/mol. The zero-order chi connectivity index (χ0) is 13.1. The van der Waals surface area contributed by atoms with Crippen molar-refractivity contribution in [3.63, 3.8) is 0 Å². The molecule has 0 saturated carbocycles. The molecule has 1 unspecified atom stereocenters. The Kier molecular flexibility index (Phi) is 4.67. The Labute approximate surface area is 123 Å². The number of carbonyl (C=O) groups excluding carboxylic acids is 1. The highest BCUT2D eigenvalue weighted by Gasteiger charge is 2.27. The molecule has 0 aliphatic carbocycles. The first-order chi connectivity index (χ1) is 8.61. The van der Waals surface area contributed by atoms with Crippen molar-refractivity contribution in [1.29, 1.82) is 0 Å². The molecule has 1 heterocycles. The van der Waals surface area contributed by atoms with E-state index in [0.29, 0.717) is 11.5 Å². The predicted octanol–water partition coefficient (Wildman–Crippen LogP) is 3.40. The number of phenols is 1. The molecule has 1 aliphatic rings. The molecular weight excluding hydrogens is 362 g/mol. The molecule has 1 saturated heterocycles. The minimum absolute atomic E-state index is 0.0483. The maximum absolute atomic E-state index is 12.3. The van der Waals surface area contributed by atoms with Gasteiger partial charge in [0.2, 0.25) is 0 Å². The quantitative estimate of drug-likeness (QED) is 0.821. The SMILES string of the molecule is O=C(c1cc(Br)ccc1O)N1CCC(CCBr)C1. The van der Waals surface area contributed by atoms with Gasteiger partial charge in [0.1, 0.15) is 5.75 Å². The van der Waals surface area contributed by atoms with Gasteiger partial charge in [0.05, 0.1) is 5.56 Å². The molecule has 1 atom stereocenters. The minimum Gasteiger partial charge on any atom is -0.507 e. The van der Waals surface area contributed by atoms with Crippen LogP contribution < -0.4 is 0 Å². The number of hydrogen-bond acceptors (Lipinski definition) is 2. The lowest BCUT2D eigenvalue weighted by molar-refractivity contribution is 0.0784. The van der Waals surface area contributed by atoms with Gasteiger partial charge in [-0.2, -0.15) is 0 Å². The third-order valence-corrected chi connectivity index (χ3v) is 4.23. The number of alkyl halides is 1. The summed E-state index contributed by atoms with van der Waals surface area (Å²) in [5.74, 6) is 0.542. The number of halogens is 2. The van der Waals surface area contributed by atoms with E-state index in [1.165, 1.54) is 0 Å². The molecule has 1 amide bonds. The van der Waals surface area contributed by atoms with Gasteiger partial charge in [-0.25, -0.2) is 0 Å². The second-order valence-electron chi connectivity index (χ2n) is 4.54. The number of aromatic hydroxyl groups is 1. The summed E-state index contributed by atoms with van der Waals surface area (Å²) in [5.41, 5.74) is 0.379. The summed E-state index contributed by atoms with van der Waals surface area (Å²) in [6.45, 7) is 1.57. The van der Waals surface area contributed by atoms with Crippen molar-refractivity contribution in [2.45, 2.75) is 12.8 Å². The van der Waals surface area contributed by atoms with Crippen LogP contribution in [0, 0.1) is 5.92 Å². The fourth-order valence-electron chi connectivity index (χ4n) is 2.26. The molecule has 1 fully saturated rings. The van der Waals surface area contributed by atoms with Gasteiger partial charge in [-0.1, -0.05) is 31.9 Å².